The van der Waals surface area contributed by atoms with E-state index in [0.29, 0.717) is 12.2 Å². The summed E-state index contributed by atoms with van der Waals surface area (Å²) in [6.07, 6.45) is 2.68. The minimum absolute atomic E-state index is 0.228. The van der Waals surface area contributed by atoms with E-state index in [1.807, 2.05) is 25.1 Å². The van der Waals surface area contributed by atoms with Crippen molar-refractivity contribution in [2.24, 2.45) is 0 Å². The number of carbonyl (C=O) groups is 1. The molecule has 1 aromatic carbocycles. The average Bonchev–Trinajstić information content (AvgIpc) is 2.28. The number of hydrogen-bond acceptors (Lipinski definition) is 2. The Balaban J connectivity index is 2.66. The van der Waals surface area contributed by atoms with Crippen molar-refractivity contribution in [3.05, 3.63) is 45.0 Å². The van der Waals surface area contributed by atoms with E-state index in [2.05, 4.69) is 34.7 Å². The van der Waals surface area contributed by atoms with Crippen molar-refractivity contribution in [1.29, 1.82) is 0 Å². The van der Waals surface area contributed by atoms with Gasteiger partial charge in [0.05, 0.1) is 6.61 Å². The van der Waals surface area contributed by atoms with E-state index >= 15 is 0 Å². The van der Waals surface area contributed by atoms with Crippen molar-refractivity contribution < 1.29 is 9.53 Å². The molecule has 0 N–H and O–H groups in total. The number of benzene rings is 1. The summed E-state index contributed by atoms with van der Waals surface area (Å²) in [5.41, 5.74) is 1.90. The molecule has 0 radical (unpaired) electrons. The summed E-state index contributed by atoms with van der Waals surface area (Å²) in [6.45, 7) is 4.02. The maximum absolute atomic E-state index is 11.4. The maximum Gasteiger partial charge on any atom is 0.333 e. The van der Waals surface area contributed by atoms with Gasteiger partial charge < -0.3 is 4.74 Å². The van der Waals surface area contributed by atoms with Gasteiger partial charge in [-0.1, -0.05) is 24.3 Å². The number of ether oxygens (including phenoxy) is 1. The van der Waals surface area contributed by atoms with Crippen molar-refractivity contribution in [2.45, 2.75) is 20.3 Å². The molecule has 0 atom stereocenters. The second kappa shape index (κ2) is 6.68. The summed E-state index contributed by atoms with van der Waals surface area (Å²) in [7, 11) is 0. The number of hydrogen-bond donors (Lipinski definition) is 0. The first-order valence-electron chi connectivity index (χ1n) is 5.22. The molecule has 86 valence electrons. The first kappa shape index (κ1) is 13.2. The van der Waals surface area contributed by atoms with Crippen LogP contribution in [0.25, 0.3) is 0 Å². The fraction of sp³-hybridized carbons (Fsp3) is 0.308. The molecule has 1 rings (SSSR count). The Kier molecular flexibility index (Phi) is 5.52. The molecule has 0 amide bonds. The first-order chi connectivity index (χ1) is 7.65. The minimum Gasteiger partial charge on any atom is -0.463 e. The fourth-order valence-electron chi connectivity index (χ4n) is 1.26. The molecule has 0 heterocycles. The Hall–Kier alpha value is -0.840. The van der Waals surface area contributed by atoms with Crippen LogP contribution in [-0.4, -0.2) is 12.6 Å². The Morgan fingerprint density at radius 1 is 1.44 bits per heavy atom. The highest BCUT2D eigenvalue weighted by molar-refractivity contribution is 14.1. The summed E-state index contributed by atoms with van der Waals surface area (Å²) in [6, 6.07) is 8.14. The lowest BCUT2D eigenvalue weighted by molar-refractivity contribution is -0.138. The van der Waals surface area contributed by atoms with Crippen molar-refractivity contribution in [3.63, 3.8) is 0 Å². The molecule has 0 aromatic heterocycles. The second-order valence-corrected chi connectivity index (χ2v) is 4.57. The molecule has 0 aliphatic carbocycles. The number of carbonyl (C=O) groups excluding carboxylic acids is 1. The van der Waals surface area contributed by atoms with Gasteiger partial charge in [0.1, 0.15) is 0 Å². The van der Waals surface area contributed by atoms with Crippen LogP contribution in [-0.2, 0) is 16.0 Å². The number of allylic oxidation sites excluding steroid dienone is 1. The monoisotopic (exact) mass is 330 g/mol. The van der Waals surface area contributed by atoms with Gasteiger partial charge in [-0.3, -0.25) is 0 Å². The Bertz CT molecular complexity index is 397. The molecular weight excluding hydrogens is 315 g/mol. The summed E-state index contributed by atoms with van der Waals surface area (Å²) in [4.78, 5) is 11.4. The topological polar surface area (TPSA) is 26.3 Å². The van der Waals surface area contributed by atoms with Gasteiger partial charge in [-0.05, 0) is 54.5 Å². The zero-order valence-corrected chi connectivity index (χ0v) is 11.7. The second-order valence-electron chi connectivity index (χ2n) is 3.40. The lowest BCUT2D eigenvalue weighted by Gasteiger charge is -2.03. The van der Waals surface area contributed by atoms with E-state index in [4.69, 9.17) is 4.74 Å². The molecule has 0 bridgehead atoms. The molecule has 16 heavy (non-hydrogen) atoms. The van der Waals surface area contributed by atoms with Crippen molar-refractivity contribution in [3.8, 4) is 0 Å². The van der Waals surface area contributed by atoms with Gasteiger partial charge in [0.15, 0.2) is 0 Å². The van der Waals surface area contributed by atoms with Crippen molar-refractivity contribution in [1.82, 2.24) is 0 Å². The van der Waals surface area contributed by atoms with Crippen LogP contribution in [0, 0.1) is 3.57 Å². The quantitative estimate of drug-likeness (QED) is 0.481. The van der Waals surface area contributed by atoms with E-state index in [9.17, 15) is 4.79 Å². The van der Waals surface area contributed by atoms with Crippen molar-refractivity contribution >= 4 is 28.6 Å². The van der Waals surface area contributed by atoms with Crippen LogP contribution in [0.4, 0.5) is 0 Å². The molecule has 0 spiro atoms. The number of esters is 1. The molecular formula is C13H15IO2. The van der Waals surface area contributed by atoms with E-state index in [-0.39, 0.29) is 5.97 Å². The lowest BCUT2D eigenvalue weighted by Crippen LogP contribution is -2.05. The van der Waals surface area contributed by atoms with E-state index in [0.717, 1.165) is 6.42 Å². The van der Waals surface area contributed by atoms with Crippen LogP contribution >= 0.6 is 22.6 Å². The average molecular weight is 330 g/mol. The zero-order valence-electron chi connectivity index (χ0n) is 9.50. The Labute approximate surface area is 110 Å². The lowest BCUT2D eigenvalue weighted by atomic mass is 10.1. The Morgan fingerprint density at radius 3 is 2.75 bits per heavy atom. The molecule has 0 aliphatic rings. The van der Waals surface area contributed by atoms with Crippen LogP contribution in [0.5, 0.6) is 0 Å². The largest absolute Gasteiger partial charge is 0.463 e. The highest BCUT2D eigenvalue weighted by Crippen LogP contribution is 2.13. The summed E-state index contributed by atoms with van der Waals surface area (Å²) < 4.78 is 6.13. The molecule has 3 heteroatoms. The van der Waals surface area contributed by atoms with Gasteiger partial charge in [-0.15, -0.1) is 0 Å². The summed E-state index contributed by atoms with van der Waals surface area (Å²) >= 11 is 2.30. The molecule has 0 aliphatic heterocycles. The minimum atomic E-state index is -0.228. The number of rotatable bonds is 4. The van der Waals surface area contributed by atoms with Crippen LogP contribution in [0.3, 0.4) is 0 Å². The van der Waals surface area contributed by atoms with Gasteiger partial charge in [0.2, 0.25) is 0 Å². The van der Waals surface area contributed by atoms with Gasteiger partial charge >= 0.3 is 5.97 Å². The summed E-state index contributed by atoms with van der Waals surface area (Å²) in [5.74, 6) is -0.228. The molecule has 0 unspecified atom stereocenters. The van der Waals surface area contributed by atoms with Gasteiger partial charge in [0, 0.05) is 9.14 Å². The van der Waals surface area contributed by atoms with Crippen LogP contribution in [0.15, 0.2) is 35.9 Å². The van der Waals surface area contributed by atoms with Crippen LogP contribution in [0.1, 0.15) is 19.4 Å². The van der Waals surface area contributed by atoms with Gasteiger partial charge in [0.25, 0.3) is 0 Å². The number of halogens is 1. The molecule has 0 fully saturated rings. The van der Waals surface area contributed by atoms with E-state index in [1.54, 1.807) is 6.92 Å². The van der Waals surface area contributed by atoms with E-state index in [1.165, 1.54) is 9.13 Å². The predicted octanol–water partition coefficient (Wildman–Crippen LogP) is 3.34. The highest BCUT2D eigenvalue weighted by Gasteiger charge is 2.04. The van der Waals surface area contributed by atoms with Crippen LogP contribution in [0.2, 0.25) is 0 Å². The molecule has 2 nitrogen and oxygen atoms in total. The van der Waals surface area contributed by atoms with Crippen molar-refractivity contribution in [2.75, 3.05) is 6.61 Å². The van der Waals surface area contributed by atoms with Gasteiger partial charge in [-0.25, -0.2) is 4.79 Å². The third-order valence-electron chi connectivity index (χ3n) is 2.18. The fourth-order valence-corrected chi connectivity index (χ4v) is 1.86. The SMILES string of the molecule is CCOC(=O)/C(C)=C/Cc1ccccc1I. The normalized spacial score (nSPS) is 11.3. The third kappa shape index (κ3) is 3.96. The predicted molar refractivity (Wildman–Crippen MR) is 73.3 cm³/mol. The van der Waals surface area contributed by atoms with E-state index < -0.39 is 0 Å². The molecule has 1 aromatic rings. The standard InChI is InChI=1S/C13H15IO2/c1-3-16-13(15)10(2)8-9-11-6-4-5-7-12(11)14/h4-8H,3,9H2,1-2H3/b10-8+. The smallest absolute Gasteiger partial charge is 0.333 e. The maximum atomic E-state index is 11.4. The van der Waals surface area contributed by atoms with Crippen LogP contribution < -0.4 is 0 Å². The zero-order chi connectivity index (χ0) is 12.0. The van der Waals surface area contributed by atoms with Gasteiger partial charge in [-0.2, -0.15) is 0 Å². The highest BCUT2D eigenvalue weighted by atomic mass is 127. The summed E-state index contributed by atoms with van der Waals surface area (Å²) in [5, 5.41) is 0. The third-order valence-corrected chi connectivity index (χ3v) is 3.24. The molecule has 0 saturated carbocycles. The Morgan fingerprint density at radius 2 is 2.12 bits per heavy atom. The molecule has 0 saturated heterocycles. The first-order valence-corrected chi connectivity index (χ1v) is 6.30.